The van der Waals surface area contributed by atoms with Crippen LogP contribution in [0.4, 0.5) is 0 Å². The predicted octanol–water partition coefficient (Wildman–Crippen LogP) is 2.36. The Morgan fingerprint density at radius 2 is 2.00 bits per heavy atom. The Bertz CT molecular complexity index is 438. The van der Waals surface area contributed by atoms with Crippen LogP contribution in [0.3, 0.4) is 0 Å². The quantitative estimate of drug-likeness (QED) is 0.775. The lowest BCUT2D eigenvalue weighted by Gasteiger charge is -2.09. The van der Waals surface area contributed by atoms with Crippen molar-refractivity contribution in [3.05, 3.63) is 29.3 Å². The number of hydrogen-bond donors (Lipinski definition) is 0. The Kier molecular flexibility index (Phi) is 4.87. The summed E-state index contributed by atoms with van der Waals surface area (Å²) in [5, 5.41) is 0. The SMILES string of the molecule is Cc1ccc(S(=O)CC(=O)OC(C)C)c(C)c1. The zero-order valence-corrected chi connectivity index (χ0v) is 11.5. The second-order valence-electron chi connectivity index (χ2n) is 4.30. The summed E-state index contributed by atoms with van der Waals surface area (Å²) in [6.07, 6.45) is -0.168. The molecular weight excluding hydrogens is 236 g/mol. The minimum absolute atomic E-state index is 0.0813. The van der Waals surface area contributed by atoms with Crippen molar-refractivity contribution in [3.63, 3.8) is 0 Å². The van der Waals surface area contributed by atoms with Crippen LogP contribution >= 0.6 is 0 Å². The summed E-state index contributed by atoms with van der Waals surface area (Å²) < 4.78 is 17.0. The van der Waals surface area contributed by atoms with Crippen LogP contribution in [0.5, 0.6) is 0 Å². The van der Waals surface area contributed by atoms with Crippen molar-refractivity contribution >= 4 is 16.8 Å². The van der Waals surface area contributed by atoms with Crippen LogP contribution in [0.15, 0.2) is 23.1 Å². The van der Waals surface area contributed by atoms with Gasteiger partial charge in [0, 0.05) is 4.90 Å². The van der Waals surface area contributed by atoms with E-state index in [1.807, 2.05) is 32.0 Å². The van der Waals surface area contributed by atoms with E-state index in [0.717, 1.165) is 11.1 Å². The van der Waals surface area contributed by atoms with Gasteiger partial charge < -0.3 is 4.74 Å². The fraction of sp³-hybridized carbons (Fsp3) is 0.462. The molecule has 1 atom stereocenters. The van der Waals surface area contributed by atoms with Gasteiger partial charge in [-0.2, -0.15) is 0 Å². The highest BCUT2D eigenvalue weighted by atomic mass is 32.2. The van der Waals surface area contributed by atoms with Gasteiger partial charge in [-0.1, -0.05) is 17.7 Å². The van der Waals surface area contributed by atoms with E-state index < -0.39 is 16.8 Å². The molecule has 4 heteroatoms. The van der Waals surface area contributed by atoms with E-state index in [4.69, 9.17) is 4.74 Å². The summed E-state index contributed by atoms with van der Waals surface area (Å²) in [7, 11) is -1.32. The Hall–Kier alpha value is -1.16. The average molecular weight is 254 g/mol. The molecule has 0 fully saturated rings. The smallest absolute Gasteiger partial charge is 0.319 e. The average Bonchev–Trinajstić information content (AvgIpc) is 2.15. The van der Waals surface area contributed by atoms with Gasteiger partial charge in [-0.15, -0.1) is 0 Å². The Morgan fingerprint density at radius 1 is 1.35 bits per heavy atom. The van der Waals surface area contributed by atoms with Gasteiger partial charge >= 0.3 is 5.97 Å². The van der Waals surface area contributed by atoms with Gasteiger partial charge in [-0.3, -0.25) is 9.00 Å². The number of rotatable bonds is 4. The topological polar surface area (TPSA) is 43.4 Å². The number of carbonyl (C=O) groups excluding carboxylic acids is 1. The molecule has 0 bridgehead atoms. The van der Waals surface area contributed by atoms with E-state index >= 15 is 0 Å². The standard InChI is InChI=1S/C13H18O3S/c1-9(2)16-13(14)8-17(15)12-6-5-10(3)7-11(12)4/h5-7,9H,8H2,1-4H3. The van der Waals surface area contributed by atoms with Gasteiger partial charge in [0.1, 0.15) is 5.75 Å². The maximum atomic E-state index is 12.0. The number of ether oxygens (including phenoxy) is 1. The fourth-order valence-corrected chi connectivity index (χ4v) is 2.61. The Labute approximate surface area is 105 Å². The minimum atomic E-state index is -1.32. The van der Waals surface area contributed by atoms with Gasteiger partial charge in [-0.25, -0.2) is 0 Å². The highest BCUT2D eigenvalue weighted by molar-refractivity contribution is 7.85. The predicted molar refractivity (Wildman–Crippen MR) is 68.4 cm³/mol. The molecule has 0 N–H and O–H groups in total. The Balaban J connectivity index is 2.73. The zero-order valence-electron chi connectivity index (χ0n) is 10.6. The summed E-state index contributed by atoms with van der Waals surface area (Å²) in [4.78, 5) is 12.1. The van der Waals surface area contributed by atoms with Crippen molar-refractivity contribution in [1.82, 2.24) is 0 Å². The van der Waals surface area contributed by atoms with Crippen molar-refractivity contribution in [3.8, 4) is 0 Å². The van der Waals surface area contributed by atoms with Crippen molar-refractivity contribution in [2.24, 2.45) is 0 Å². The molecule has 1 rings (SSSR count). The first kappa shape index (κ1) is 13.9. The molecule has 94 valence electrons. The third kappa shape index (κ3) is 4.30. The van der Waals surface area contributed by atoms with Crippen LogP contribution < -0.4 is 0 Å². The summed E-state index contributed by atoms with van der Waals surface area (Å²) >= 11 is 0. The third-order valence-electron chi connectivity index (χ3n) is 2.19. The van der Waals surface area contributed by atoms with E-state index in [2.05, 4.69) is 0 Å². The van der Waals surface area contributed by atoms with E-state index in [-0.39, 0.29) is 11.9 Å². The van der Waals surface area contributed by atoms with E-state index in [1.165, 1.54) is 0 Å². The minimum Gasteiger partial charge on any atom is -0.462 e. The van der Waals surface area contributed by atoms with Crippen LogP contribution in [-0.4, -0.2) is 22.0 Å². The second-order valence-corrected chi connectivity index (χ2v) is 5.72. The zero-order chi connectivity index (χ0) is 13.0. The van der Waals surface area contributed by atoms with Crippen LogP contribution in [0.25, 0.3) is 0 Å². The maximum absolute atomic E-state index is 12.0. The normalized spacial score (nSPS) is 12.5. The van der Waals surface area contributed by atoms with E-state index in [9.17, 15) is 9.00 Å². The second kappa shape index (κ2) is 5.96. The molecule has 0 aromatic heterocycles. The summed E-state index contributed by atoms with van der Waals surface area (Å²) in [6, 6.07) is 5.67. The van der Waals surface area contributed by atoms with Crippen LogP contribution in [0.1, 0.15) is 25.0 Å². The summed E-state index contributed by atoms with van der Waals surface area (Å²) in [6.45, 7) is 7.43. The van der Waals surface area contributed by atoms with Gasteiger partial charge in [0.2, 0.25) is 0 Å². The number of esters is 1. The lowest BCUT2D eigenvalue weighted by atomic mass is 10.2. The van der Waals surface area contributed by atoms with E-state index in [0.29, 0.717) is 4.90 Å². The number of aryl methyl sites for hydroxylation is 2. The van der Waals surface area contributed by atoms with Gasteiger partial charge in [-0.05, 0) is 39.3 Å². The molecule has 0 saturated carbocycles. The summed E-state index contributed by atoms with van der Waals surface area (Å²) in [5.41, 5.74) is 2.06. The fourth-order valence-electron chi connectivity index (χ4n) is 1.54. The number of hydrogen-bond acceptors (Lipinski definition) is 3. The molecule has 0 saturated heterocycles. The molecule has 0 aliphatic carbocycles. The van der Waals surface area contributed by atoms with Gasteiger partial charge in [0.15, 0.2) is 0 Å². The van der Waals surface area contributed by atoms with Gasteiger partial charge in [0.05, 0.1) is 16.9 Å². The first-order valence-electron chi connectivity index (χ1n) is 5.55. The lowest BCUT2D eigenvalue weighted by molar-refractivity contribution is -0.144. The third-order valence-corrected chi connectivity index (χ3v) is 3.64. The highest BCUT2D eigenvalue weighted by Crippen LogP contribution is 2.15. The summed E-state index contributed by atoms with van der Waals surface area (Å²) in [5.74, 6) is -0.500. The number of carbonyl (C=O) groups is 1. The molecule has 0 amide bonds. The van der Waals surface area contributed by atoms with E-state index in [1.54, 1.807) is 13.8 Å². The van der Waals surface area contributed by atoms with Gasteiger partial charge in [0.25, 0.3) is 0 Å². The molecule has 0 spiro atoms. The molecule has 1 aromatic rings. The first-order chi connectivity index (χ1) is 7.90. The lowest BCUT2D eigenvalue weighted by Crippen LogP contribution is -2.18. The van der Waals surface area contributed by atoms with Crippen molar-refractivity contribution < 1.29 is 13.7 Å². The van der Waals surface area contributed by atoms with Crippen LogP contribution in [-0.2, 0) is 20.3 Å². The monoisotopic (exact) mass is 254 g/mol. The molecule has 1 aromatic carbocycles. The Morgan fingerprint density at radius 3 is 2.53 bits per heavy atom. The maximum Gasteiger partial charge on any atom is 0.319 e. The molecule has 0 aliphatic heterocycles. The largest absolute Gasteiger partial charge is 0.462 e. The number of benzene rings is 1. The molecule has 17 heavy (non-hydrogen) atoms. The van der Waals surface area contributed by atoms with Crippen LogP contribution in [0.2, 0.25) is 0 Å². The molecule has 0 aliphatic rings. The van der Waals surface area contributed by atoms with Crippen molar-refractivity contribution in [2.75, 3.05) is 5.75 Å². The molecule has 0 heterocycles. The highest BCUT2D eigenvalue weighted by Gasteiger charge is 2.14. The molecular formula is C13H18O3S. The first-order valence-corrected chi connectivity index (χ1v) is 6.87. The molecule has 0 radical (unpaired) electrons. The van der Waals surface area contributed by atoms with Crippen molar-refractivity contribution in [2.45, 2.75) is 38.7 Å². The van der Waals surface area contributed by atoms with Crippen LogP contribution in [0, 0.1) is 13.8 Å². The van der Waals surface area contributed by atoms with Crippen molar-refractivity contribution in [1.29, 1.82) is 0 Å². The molecule has 1 unspecified atom stereocenters. The molecule has 3 nitrogen and oxygen atoms in total.